The largest absolute Gasteiger partial charge is 0.462 e. The van der Waals surface area contributed by atoms with Gasteiger partial charge in [-0.1, -0.05) is 5.11 Å². The summed E-state index contributed by atoms with van der Waals surface area (Å²) in [5.74, 6) is -1.07. The Bertz CT molecular complexity index is 541. The number of esters is 1. The number of ketones is 1. The molecule has 0 saturated carbocycles. The lowest BCUT2D eigenvalue weighted by molar-refractivity contribution is -0.139. The quantitative estimate of drug-likeness (QED) is 0.156. The van der Waals surface area contributed by atoms with Crippen LogP contribution in [0.25, 0.3) is 16.5 Å². The van der Waals surface area contributed by atoms with Gasteiger partial charge in [0, 0.05) is 9.79 Å². The van der Waals surface area contributed by atoms with E-state index in [4.69, 9.17) is 10.3 Å². The third-order valence-corrected chi connectivity index (χ3v) is 2.83. The van der Waals surface area contributed by atoms with Gasteiger partial charge in [-0.05, 0) is 36.9 Å². The Kier molecular flexibility index (Phi) is 5.10. The van der Waals surface area contributed by atoms with Crippen molar-refractivity contribution in [1.82, 2.24) is 0 Å². The van der Waals surface area contributed by atoms with Gasteiger partial charge in [0.05, 0.1) is 12.3 Å². The van der Waals surface area contributed by atoms with Crippen molar-refractivity contribution in [1.29, 1.82) is 0 Å². The smallest absolute Gasteiger partial charge is 0.341 e. The lowest BCUT2D eigenvalue weighted by atomic mass is 10.1. The van der Waals surface area contributed by atoms with Gasteiger partial charge in [0.2, 0.25) is 0 Å². The van der Waals surface area contributed by atoms with Gasteiger partial charge in [-0.15, -0.1) is 11.3 Å². The van der Waals surface area contributed by atoms with Gasteiger partial charge in [0.25, 0.3) is 0 Å². The second-order valence-electron chi connectivity index (χ2n) is 3.19. The summed E-state index contributed by atoms with van der Waals surface area (Å²) in [6.07, 6.45) is 1.38. The van der Waals surface area contributed by atoms with Crippen molar-refractivity contribution in [3.8, 4) is 0 Å². The van der Waals surface area contributed by atoms with E-state index in [9.17, 15) is 9.59 Å². The summed E-state index contributed by atoms with van der Waals surface area (Å²) in [4.78, 5) is 26.2. The van der Waals surface area contributed by atoms with Crippen LogP contribution in [0, 0.1) is 0 Å². The molecular weight excluding hydrogens is 254 g/mol. The molecule has 0 bridgehead atoms. The lowest BCUT2D eigenvalue weighted by Crippen LogP contribution is -2.13. The molecule has 1 aromatic heterocycles. The van der Waals surface area contributed by atoms with Crippen molar-refractivity contribution in [2.24, 2.45) is 5.11 Å². The predicted molar refractivity (Wildman–Crippen MR) is 68.4 cm³/mol. The molecule has 1 rings (SSSR count). The van der Waals surface area contributed by atoms with Crippen molar-refractivity contribution in [3.63, 3.8) is 0 Å². The monoisotopic (exact) mass is 265 g/mol. The first-order valence-electron chi connectivity index (χ1n) is 5.12. The Labute approximate surface area is 108 Å². The van der Waals surface area contributed by atoms with Gasteiger partial charge < -0.3 is 4.74 Å². The SMILES string of the molecule is CCOC(=O)/C(=C/c1sccc1N=[N+]=[N-])C(C)=O. The molecule has 1 aromatic rings. The molecule has 6 nitrogen and oxygen atoms in total. The molecule has 0 aliphatic heterocycles. The third kappa shape index (κ3) is 3.44. The lowest BCUT2D eigenvalue weighted by Gasteiger charge is -2.03. The van der Waals surface area contributed by atoms with E-state index in [0.29, 0.717) is 10.6 Å². The zero-order valence-corrected chi connectivity index (χ0v) is 10.7. The predicted octanol–water partition coefficient (Wildman–Crippen LogP) is 3.23. The first kappa shape index (κ1) is 14.0. The number of nitrogens with zero attached hydrogens (tertiary/aromatic N) is 3. The van der Waals surface area contributed by atoms with Crippen LogP contribution in [-0.2, 0) is 14.3 Å². The highest BCUT2D eigenvalue weighted by Gasteiger charge is 2.16. The van der Waals surface area contributed by atoms with Crippen LogP contribution < -0.4 is 0 Å². The summed E-state index contributed by atoms with van der Waals surface area (Å²) < 4.78 is 4.79. The molecular formula is C11H11N3O3S. The summed E-state index contributed by atoms with van der Waals surface area (Å²) in [7, 11) is 0. The number of hydrogen-bond acceptors (Lipinski definition) is 5. The van der Waals surface area contributed by atoms with Crippen LogP contribution in [0.5, 0.6) is 0 Å². The summed E-state index contributed by atoms with van der Waals surface area (Å²) in [5, 5.41) is 5.17. The fraction of sp³-hybridized carbons (Fsp3) is 0.273. The van der Waals surface area contributed by atoms with Crippen molar-refractivity contribution < 1.29 is 14.3 Å². The van der Waals surface area contributed by atoms with Crippen molar-refractivity contribution in [3.05, 3.63) is 32.3 Å². The molecule has 94 valence electrons. The van der Waals surface area contributed by atoms with E-state index in [1.807, 2.05) is 0 Å². The van der Waals surface area contributed by atoms with E-state index in [1.54, 1.807) is 18.4 Å². The number of hydrogen-bond donors (Lipinski definition) is 0. The number of carbonyl (C=O) groups excluding carboxylic acids is 2. The van der Waals surface area contributed by atoms with Crippen molar-refractivity contribution in [2.45, 2.75) is 13.8 Å². The van der Waals surface area contributed by atoms with Crippen LogP contribution in [0.4, 0.5) is 5.69 Å². The average Bonchev–Trinajstić information content (AvgIpc) is 2.73. The standard InChI is InChI=1S/C11H11N3O3S/c1-3-17-11(16)8(7(2)15)6-10-9(13-14-12)4-5-18-10/h4-6H,3H2,1-2H3/b8-6+. The number of rotatable bonds is 5. The highest BCUT2D eigenvalue weighted by atomic mass is 32.1. The fourth-order valence-electron chi connectivity index (χ4n) is 1.20. The fourth-order valence-corrected chi connectivity index (χ4v) is 1.96. The molecule has 0 saturated heterocycles. The van der Waals surface area contributed by atoms with Crippen LogP contribution in [-0.4, -0.2) is 18.4 Å². The van der Waals surface area contributed by atoms with E-state index in [1.165, 1.54) is 24.3 Å². The van der Waals surface area contributed by atoms with Gasteiger partial charge in [-0.3, -0.25) is 4.79 Å². The molecule has 0 fully saturated rings. The molecule has 7 heteroatoms. The normalized spacial score (nSPS) is 10.7. The van der Waals surface area contributed by atoms with Gasteiger partial charge >= 0.3 is 5.97 Å². The van der Waals surface area contributed by atoms with E-state index in [-0.39, 0.29) is 12.2 Å². The minimum atomic E-state index is -0.676. The molecule has 0 aromatic carbocycles. The number of ether oxygens (including phenoxy) is 1. The summed E-state index contributed by atoms with van der Waals surface area (Å²) >= 11 is 1.27. The first-order chi connectivity index (χ1) is 8.60. The topological polar surface area (TPSA) is 92.1 Å². The zero-order valence-electron chi connectivity index (χ0n) is 9.91. The Morgan fingerprint density at radius 3 is 2.89 bits per heavy atom. The van der Waals surface area contributed by atoms with E-state index >= 15 is 0 Å². The Balaban J connectivity index is 3.16. The Morgan fingerprint density at radius 2 is 2.33 bits per heavy atom. The van der Waals surface area contributed by atoms with Gasteiger partial charge in [-0.25, -0.2) is 4.79 Å². The number of thiophene rings is 1. The van der Waals surface area contributed by atoms with Crippen LogP contribution in [0.3, 0.4) is 0 Å². The second-order valence-corrected chi connectivity index (χ2v) is 4.14. The van der Waals surface area contributed by atoms with Crippen molar-refractivity contribution in [2.75, 3.05) is 6.61 Å². The summed E-state index contributed by atoms with van der Waals surface area (Å²) in [5.41, 5.74) is 8.70. The summed E-state index contributed by atoms with van der Waals surface area (Å²) in [6.45, 7) is 3.13. The van der Waals surface area contributed by atoms with E-state index in [2.05, 4.69) is 10.0 Å². The maximum absolute atomic E-state index is 11.6. The molecule has 0 unspecified atom stereocenters. The molecule has 0 aliphatic carbocycles. The highest BCUT2D eigenvalue weighted by Crippen LogP contribution is 2.28. The van der Waals surface area contributed by atoms with Gasteiger partial charge in [0.1, 0.15) is 5.57 Å². The number of carbonyl (C=O) groups is 2. The number of azide groups is 1. The molecule has 0 aliphatic rings. The van der Waals surface area contributed by atoms with E-state index in [0.717, 1.165) is 0 Å². The zero-order chi connectivity index (χ0) is 13.5. The molecule has 0 radical (unpaired) electrons. The van der Waals surface area contributed by atoms with Crippen LogP contribution in [0.1, 0.15) is 18.7 Å². The maximum atomic E-state index is 11.6. The Hall–Kier alpha value is -2.11. The Morgan fingerprint density at radius 1 is 1.61 bits per heavy atom. The van der Waals surface area contributed by atoms with Crippen LogP contribution in [0.15, 0.2) is 22.1 Å². The molecule has 0 amide bonds. The van der Waals surface area contributed by atoms with Crippen LogP contribution in [0.2, 0.25) is 0 Å². The molecule has 0 atom stereocenters. The molecule has 0 N–H and O–H groups in total. The molecule has 0 spiro atoms. The van der Waals surface area contributed by atoms with Gasteiger partial charge in [0.15, 0.2) is 5.78 Å². The van der Waals surface area contributed by atoms with Crippen molar-refractivity contribution >= 4 is 34.9 Å². The average molecular weight is 265 g/mol. The van der Waals surface area contributed by atoms with Crippen LogP contribution >= 0.6 is 11.3 Å². The highest BCUT2D eigenvalue weighted by molar-refractivity contribution is 7.11. The second kappa shape index (κ2) is 6.58. The molecule has 1 heterocycles. The minimum absolute atomic E-state index is 0.0614. The van der Waals surface area contributed by atoms with Gasteiger partial charge in [-0.2, -0.15) is 0 Å². The first-order valence-corrected chi connectivity index (χ1v) is 6.00. The van der Waals surface area contributed by atoms with E-state index < -0.39 is 11.8 Å². The molecule has 18 heavy (non-hydrogen) atoms. The maximum Gasteiger partial charge on any atom is 0.341 e. The summed E-state index contributed by atoms with van der Waals surface area (Å²) in [6, 6.07) is 1.61. The number of Topliss-reactive ketones (excluding diaryl/α,β-unsaturated/α-hetero) is 1. The third-order valence-electron chi connectivity index (χ3n) is 1.98. The minimum Gasteiger partial charge on any atom is -0.462 e.